The van der Waals surface area contributed by atoms with Gasteiger partial charge in [0.05, 0.1) is 12.7 Å². The molecule has 0 aromatic carbocycles. The highest BCUT2D eigenvalue weighted by Gasteiger charge is 2.08. The maximum atomic E-state index is 11.3. The van der Waals surface area contributed by atoms with Crippen molar-refractivity contribution < 1.29 is 9.53 Å². The second kappa shape index (κ2) is 3.77. The molecule has 82 valence electrons. The van der Waals surface area contributed by atoms with Crippen LogP contribution in [0.4, 0.5) is 5.82 Å². The number of anilines is 1. The highest BCUT2D eigenvalue weighted by molar-refractivity contribution is 5.93. The third-order valence-corrected chi connectivity index (χ3v) is 2.32. The molecule has 0 atom stereocenters. The van der Waals surface area contributed by atoms with Crippen molar-refractivity contribution in [1.82, 2.24) is 9.97 Å². The van der Waals surface area contributed by atoms with Gasteiger partial charge in [-0.1, -0.05) is 0 Å². The molecule has 0 bridgehead atoms. The van der Waals surface area contributed by atoms with E-state index in [1.165, 1.54) is 13.3 Å². The topological polar surface area (TPSA) is 78.1 Å². The number of nitrogen functional groups attached to an aromatic ring is 1. The Morgan fingerprint density at radius 1 is 1.44 bits per heavy atom. The molecule has 0 aliphatic carbocycles. The van der Waals surface area contributed by atoms with Crippen molar-refractivity contribution in [3.05, 3.63) is 29.5 Å². The summed E-state index contributed by atoms with van der Waals surface area (Å²) in [6.07, 6.45) is 1.43. The van der Waals surface area contributed by atoms with Gasteiger partial charge in [0, 0.05) is 11.6 Å². The molecule has 0 spiro atoms. The fourth-order valence-electron chi connectivity index (χ4n) is 1.41. The maximum absolute atomic E-state index is 11.3. The molecule has 2 N–H and O–H groups in total. The second-order valence-electron chi connectivity index (χ2n) is 3.45. The number of hydrogen-bond donors (Lipinski definition) is 1. The molecule has 5 heteroatoms. The molecule has 16 heavy (non-hydrogen) atoms. The highest BCUT2D eigenvalue weighted by atomic mass is 16.5. The molecule has 2 heterocycles. The lowest BCUT2D eigenvalue weighted by Crippen LogP contribution is -2.03. The van der Waals surface area contributed by atoms with E-state index in [0.29, 0.717) is 17.0 Å². The third kappa shape index (κ3) is 1.67. The van der Waals surface area contributed by atoms with Crippen molar-refractivity contribution in [3.63, 3.8) is 0 Å². The number of carbonyl (C=O) groups is 1. The summed E-state index contributed by atoms with van der Waals surface area (Å²) < 4.78 is 4.62. The maximum Gasteiger partial charge on any atom is 0.339 e. The molecule has 0 radical (unpaired) electrons. The van der Waals surface area contributed by atoms with E-state index in [1.54, 1.807) is 6.07 Å². The standard InChI is InChI=1S/C11H11N3O2/c1-6-3-7-4-8(11(15)16-2)5-13-10(7)14-9(6)12/h3-5H,1-2H3,(H2,12,13,14). The molecule has 0 aliphatic rings. The van der Waals surface area contributed by atoms with Gasteiger partial charge in [-0.15, -0.1) is 0 Å². The molecule has 0 aliphatic heterocycles. The molecular formula is C11H11N3O2. The molecule has 0 amide bonds. The average Bonchev–Trinajstić information content (AvgIpc) is 2.29. The Morgan fingerprint density at radius 2 is 2.19 bits per heavy atom. The van der Waals surface area contributed by atoms with E-state index < -0.39 is 5.97 Å². The number of rotatable bonds is 1. The summed E-state index contributed by atoms with van der Waals surface area (Å²) in [5, 5.41) is 0.773. The first kappa shape index (κ1) is 10.4. The molecule has 0 fully saturated rings. The monoisotopic (exact) mass is 217 g/mol. The number of nitrogens with zero attached hydrogens (tertiary/aromatic N) is 2. The lowest BCUT2D eigenvalue weighted by atomic mass is 10.2. The Hall–Kier alpha value is -2.17. The Kier molecular flexibility index (Phi) is 2.44. The summed E-state index contributed by atoms with van der Waals surface area (Å²) in [7, 11) is 1.33. The van der Waals surface area contributed by atoms with E-state index in [2.05, 4.69) is 14.7 Å². The van der Waals surface area contributed by atoms with Crippen LogP contribution in [0.25, 0.3) is 11.0 Å². The second-order valence-corrected chi connectivity index (χ2v) is 3.45. The quantitative estimate of drug-likeness (QED) is 0.728. The van der Waals surface area contributed by atoms with E-state index in [0.717, 1.165) is 10.9 Å². The molecule has 2 aromatic rings. The molecule has 0 unspecified atom stereocenters. The minimum Gasteiger partial charge on any atom is -0.465 e. The van der Waals surface area contributed by atoms with Gasteiger partial charge in [-0.2, -0.15) is 0 Å². The van der Waals surface area contributed by atoms with Crippen molar-refractivity contribution in [3.8, 4) is 0 Å². The lowest BCUT2D eigenvalue weighted by molar-refractivity contribution is 0.0600. The summed E-state index contributed by atoms with van der Waals surface area (Å²) >= 11 is 0. The zero-order valence-corrected chi connectivity index (χ0v) is 9.02. The fourth-order valence-corrected chi connectivity index (χ4v) is 1.41. The van der Waals surface area contributed by atoms with Gasteiger partial charge in [-0.05, 0) is 24.6 Å². The van der Waals surface area contributed by atoms with E-state index in [1.807, 2.05) is 13.0 Å². The molecule has 2 aromatic heterocycles. The first-order chi connectivity index (χ1) is 7.61. The average molecular weight is 217 g/mol. The first-order valence-corrected chi connectivity index (χ1v) is 4.73. The number of hydrogen-bond acceptors (Lipinski definition) is 5. The van der Waals surface area contributed by atoms with Gasteiger partial charge < -0.3 is 10.5 Å². The van der Waals surface area contributed by atoms with Gasteiger partial charge >= 0.3 is 5.97 Å². The number of aromatic nitrogens is 2. The molecule has 2 rings (SSSR count). The number of aryl methyl sites for hydroxylation is 1. The Balaban J connectivity index is 2.62. The van der Waals surface area contributed by atoms with Crippen LogP contribution < -0.4 is 5.73 Å². The van der Waals surface area contributed by atoms with E-state index in [4.69, 9.17) is 5.73 Å². The van der Waals surface area contributed by atoms with Crippen molar-refractivity contribution in [2.45, 2.75) is 6.92 Å². The van der Waals surface area contributed by atoms with Crippen LogP contribution in [0.15, 0.2) is 18.3 Å². The van der Waals surface area contributed by atoms with Gasteiger partial charge in [0.15, 0.2) is 5.65 Å². The van der Waals surface area contributed by atoms with Gasteiger partial charge in [0.1, 0.15) is 5.82 Å². The molecular weight excluding hydrogens is 206 g/mol. The minimum absolute atomic E-state index is 0.404. The van der Waals surface area contributed by atoms with Crippen LogP contribution in [-0.2, 0) is 4.74 Å². The number of methoxy groups -OCH3 is 1. The highest BCUT2D eigenvalue weighted by Crippen LogP contribution is 2.17. The van der Waals surface area contributed by atoms with Crippen molar-refractivity contribution in [1.29, 1.82) is 0 Å². The zero-order valence-electron chi connectivity index (χ0n) is 9.02. The van der Waals surface area contributed by atoms with Crippen molar-refractivity contribution >= 4 is 22.8 Å². The van der Waals surface area contributed by atoms with E-state index in [9.17, 15) is 4.79 Å². The van der Waals surface area contributed by atoms with Crippen LogP contribution in [-0.4, -0.2) is 23.0 Å². The van der Waals surface area contributed by atoms with Gasteiger partial charge in [-0.25, -0.2) is 14.8 Å². The van der Waals surface area contributed by atoms with Crippen LogP contribution in [0.1, 0.15) is 15.9 Å². The summed E-state index contributed by atoms with van der Waals surface area (Å²) in [6, 6.07) is 3.53. The smallest absolute Gasteiger partial charge is 0.339 e. The number of nitrogens with two attached hydrogens (primary N) is 1. The lowest BCUT2D eigenvalue weighted by Gasteiger charge is -2.03. The number of fused-ring (bicyclic) bond motifs is 1. The number of esters is 1. The normalized spacial score (nSPS) is 10.4. The van der Waals surface area contributed by atoms with Crippen LogP contribution in [0.2, 0.25) is 0 Å². The van der Waals surface area contributed by atoms with Crippen molar-refractivity contribution in [2.75, 3.05) is 12.8 Å². The predicted octanol–water partition coefficient (Wildman–Crippen LogP) is 1.31. The van der Waals surface area contributed by atoms with Crippen LogP contribution in [0.5, 0.6) is 0 Å². The first-order valence-electron chi connectivity index (χ1n) is 4.73. The minimum atomic E-state index is -0.413. The van der Waals surface area contributed by atoms with E-state index in [-0.39, 0.29) is 0 Å². The summed E-state index contributed by atoms with van der Waals surface area (Å²) in [6.45, 7) is 1.85. The number of carbonyl (C=O) groups excluding carboxylic acids is 1. The SMILES string of the molecule is COC(=O)c1cnc2nc(N)c(C)cc2c1. The fraction of sp³-hybridized carbons (Fsp3) is 0.182. The molecule has 5 nitrogen and oxygen atoms in total. The Bertz CT molecular complexity index is 566. The number of ether oxygens (including phenoxy) is 1. The van der Waals surface area contributed by atoms with Gasteiger partial charge in [0.25, 0.3) is 0 Å². The van der Waals surface area contributed by atoms with Crippen LogP contribution >= 0.6 is 0 Å². The van der Waals surface area contributed by atoms with Crippen molar-refractivity contribution in [2.24, 2.45) is 0 Å². The van der Waals surface area contributed by atoms with E-state index >= 15 is 0 Å². The van der Waals surface area contributed by atoms with Crippen LogP contribution in [0, 0.1) is 6.92 Å². The summed E-state index contributed by atoms with van der Waals surface area (Å²) in [4.78, 5) is 19.5. The third-order valence-electron chi connectivity index (χ3n) is 2.32. The largest absolute Gasteiger partial charge is 0.465 e. The van der Waals surface area contributed by atoms with Gasteiger partial charge in [-0.3, -0.25) is 0 Å². The van der Waals surface area contributed by atoms with Gasteiger partial charge in [0.2, 0.25) is 0 Å². The molecule has 0 saturated heterocycles. The molecule has 0 saturated carbocycles. The Morgan fingerprint density at radius 3 is 2.88 bits per heavy atom. The van der Waals surface area contributed by atoms with Crippen LogP contribution in [0.3, 0.4) is 0 Å². The summed E-state index contributed by atoms with van der Waals surface area (Å²) in [5.41, 5.74) is 7.45. The Labute approximate surface area is 92.3 Å². The zero-order chi connectivity index (χ0) is 11.7. The predicted molar refractivity (Wildman–Crippen MR) is 60.0 cm³/mol. The number of pyridine rings is 2. The summed E-state index contributed by atoms with van der Waals surface area (Å²) in [5.74, 6) is 0.0368.